The van der Waals surface area contributed by atoms with E-state index in [9.17, 15) is 4.79 Å². The fourth-order valence-electron chi connectivity index (χ4n) is 1.39. The molecule has 0 heterocycles. The van der Waals surface area contributed by atoms with Gasteiger partial charge in [0.1, 0.15) is 11.1 Å². The molecule has 0 saturated heterocycles. The molecular weight excluding hydrogens is 190 g/mol. The third-order valence-electron chi connectivity index (χ3n) is 1.60. The van der Waals surface area contributed by atoms with E-state index in [1.807, 2.05) is 55.4 Å². The van der Waals surface area contributed by atoms with Gasteiger partial charge in [0.05, 0.1) is 0 Å². The van der Waals surface area contributed by atoms with Gasteiger partial charge in [0.15, 0.2) is 0 Å². The molecule has 0 unspecified atom stereocenters. The Morgan fingerprint density at radius 2 is 1.33 bits per heavy atom. The van der Waals surface area contributed by atoms with Crippen molar-refractivity contribution >= 4 is 5.97 Å². The van der Waals surface area contributed by atoms with E-state index >= 15 is 0 Å². The summed E-state index contributed by atoms with van der Waals surface area (Å²) in [4.78, 5) is 11.9. The average molecular weight is 215 g/mol. The first kappa shape index (κ1) is 14.4. The Labute approximate surface area is 93.6 Å². The molecule has 0 aliphatic rings. The minimum absolute atomic E-state index is 0.111. The zero-order valence-corrected chi connectivity index (χ0v) is 11.3. The lowest BCUT2D eigenvalue weighted by atomic mass is 9.99. The Kier molecular flexibility index (Phi) is 3.97. The standard InChI is InChI=1S/C12H25NO2/c1-10(2,3)13-12(7,8)9(14)15-11(4,5)6/h13H,1-8H3. The van der Waals surface area contributed by atoms with Crippen molar-refractivity contribution in [3.05, 3.63) is 0 Å². The lowest BCUT2D eigenvalue weighted by molar-refractivity contribution is -0.162. The highest BCUT2D eigenvalue weighted by molar-refractivity contribution is 5.80. The van der Waals surface area contributed by atoms with E-state index in [2.05, 4.69) is 5.32 Å². The highest BCUT2D eigenvalue weighted by atomic mass is 16.6. The summed E-state index contributed by atoms with van der Waals surface area (Å²) in [6, 6.07) is 0. The number of carbonyl (C=O) groups is 1. The molecule has 0 amide bonds. The van der Waals surface area contributed by atoms with Crippen LogP contribution >= 0.6 is 0 Å². The van der Waals surface area contributed by atoms with Crippen LogP contribution in [0.15, 0.2) is 0 Å². The quantitative estimate of drug-likeness (QED) is 0.719. The zero-order valence-electron chi connectivity index (χ0n) is 11.3. The Morgan fingerprint density at radius 1 is 0.933 bits per heavy atom. The van der Waals surface area contributed by atoms with E-state index in [4.69, 9.17) is 4.74 Å². The summed E-state index contributed by atoms with van der Waals surface area (Å²) in [5, 5.41) is 3.24. The van der Waals surface area contributed by atoms with Gasteiger partial charge < -0.3 is 4.74 Å². The minimum Gasteiger partial charge on any atom is -0.459 e. The van der Waals surface area contributed by atoms with Crippen LogP contribution in [0, 0.1) is 0 Å². The van der Waals surface area contributed by atoms with Gasteiger partial charge in [-0.3, -0.25) is 10.1 Å². The molecule has 0 aromatic rings. The molecule has 0 rings (SSSR count). The normalized spacial score (nSPS) is 13.9. The largest absolute Gasteiger partial charge is 0.459 e. The lowest BCUT2D eigenvalue weighted by Gasteiger charge is -2.35. The van der Waals surface area contributed by atoms with Gasteiger partial charge in [0, 0.05) is 5.54 Å². The molecule has 0 bridgehead atoms. The van der Waals surface area contributed by atoms with Crippen molar-refractivity contribution in [2.75, 3.05) is 0 Å². The number of hydrogen-bond acceptors (Lipinski definition) is 3. The molecule has 15 heavy (non-hydrogen) atoms. The minimum atomic E-state index is -0.661. The number of carbonyl (C=O) groups excluding carboxylic acids is 1. The van der Waals surface area contributed by atoms with E-state index in [0.717, 1.165) is 0 Å². The lowest BCUT2D eigenvalue weighted by Crippen LogP contribution is -2.56. The van der Waals surface area contributed by atoms with Gasteiger partial charge in [-0.2, -0.15) is 0 Å². The van der Waals surface area contributed by atoms with Gasteiger partial charge >= 0.3 is 5.97 Å². The van der Waals surface area contributed by atoms with E-state index in [0.29, 0.717) is 0 Å². The van der Waals surface area contributed by atoms with Crippen molar-refractivity contribution in [2.45, 2.75) is 72.1 Å². The van der Waals surface area contributed by atoms with E-state index in [1.165, 1.54) is 0 Å². The summed E-state index contributed by atoms with van der Waals surface area (Å²) in [6.45, 7) is 15.4. The first-order valence-corrected chi connectivity index (χ1v) is 5.36. The van der Waals surface area contributed by atoms with Crippen LogP contribution in [-0.4, -0.2) is 22.6 Å². The van der Waals surface area contributed by atoms with Crippen LogP contribution in [0.25, 0.3) is 0 Å². The van der Waals surface area contributed by atoms with E-state index in [-0.39, 0.29) is 11.5 Å². The Morgan fingerprint density at radius 3 is 1.60 bits per heavy atom. The summed E-state index contributed by atoms with van der Waals surface area (Å²) in [5.74, 6) is -0.218. The van der Waals surface area contributed by atoms with Crippen LogP contribution < -0.4 is 5.32 Å². The molecule has 3 heteroatoms. The van der Waals surface area contributed by atoms with E-state index < -0.39 is 11.1 Å². The molecule has 0 atom stereocenters. The number of nitrogens with one attached hydrogen (secondary N) is 1. The monoisotopic (exact) mass is 215 g/mol. The Hall–Kier alpha value is -0.570. The third-order valence-corrected chi connectivity index (χ3v) is 1.60. The Bertz CT molecular complexity index is 231. The summed E-state index contributed by atoms with van der Waals surface area (Å²) in [6.07, 6.45) is 0. The van der Waals surface area contributed by atoms with E-state index in [1.54, 1.807) is 0 Å². The molecular formula is C12H25NO2. The predicted molar refractivity (Wildman–Crippen MR) is 62.8 cm³/mol. The first-order valence-electron chi connectivity index (χ1n) is 5.36. The van der Waals surface area contributed by atoms with Crippen molar-refractivity contribution in [1.29, 1.82) is 0 Å². The van der Waals surface area contributed by atoms with Gasteiger partial charge in [-0.05, 0) is 55.4 Å². The predicted octanol–water partition coefficient (Wildman–Crippen LogP) is 2.49. The molecule has 0 aromatic heterocycles. The molecule has 0 aliphatic carbocycles. The molecule has 0 spiro atoms. The smallest absolute Gasteiger partial charge is 0.326 e. The SMILES string of the molecule is CC(C)(C)NC(C)(C)C(=O)OC(C)(C)C. The maximum Gasteiger partial charge on any atom is 0.326 e. The van der Waals surface area contributed by atoms with Crippen LogP contribution in [0.2, 0.25) is 0 Å². The highest BCUT2D eigenvalue weighted by Gasteiger charge is 2.35. The average Bonchev–Trinajstić information content (AvgIpc) is 1.75. The van der Waals surface area contributed by atoms with Crippen LogP contribution in [0.1, 0.15) is 55.4 Å². The summed E-state index contributed by atoms with van der Waals surface area (Å²) >= 11 is 0. The van der Waals surface area contributed by atoms with Gasteiger partial charge in [0.25, 0.3) is 0 Å². The number of rotatable bonds is 2. The molecule has 0 aliphatic heterocycles. The Balaban J connectivity index is 4.54. The topological polar surface area (TPSA) is 38.3 Å². The molecule has 0 aromatic carbocycles. The van der Waals surface area contributed by atoms with Gasteiger partial charge in [-0.1, -0.05) is 0 Å². The van der Waals surface area contributed by atoms with Crippen LogP contribution in [0.4, 0.5) is 0 Å². The summed E-state index contributed by atoms with van der Waals surface area (Å²) < 4.78 is 5.35. The van der Waals surface area contributed by atoms with Crippen molar-refractivity contribution in [3.8, 4) is 0 Å². The first-order chi connectivity index (χ1) is 6.33. The van der Waals surface area contributed by atoms with Crippen molar-refractivity contribution in [2.24, 2.45) is 0 Å². The van der Waals surface area contributed by atoms with Crippen LogP contribution in [0.3, 0.4) is 0 Å². The van der Waals surface area contributed by atoms with Gasteiger partial charge in [-0.15, -0.1) is 0 Å². The molecule has 1 N–H and O–H groups in total. The van der Waals surface area contributed by atoms with Crippen LogP contribution in [-0.2, 0) is 9.53 Å². The van der Waals surface area contributed by atoms with Crippen molar-refractivity contribution < 1.29 is 9.53 Å². The summed E-state index contributed by atoms with van der Waals surface area (Å²) in [7, 11) is 0. The molecule has 0 fully saturated rings. The second-order valence-electron chi connectivity index (χ2n) is 6.50. The molecule has 90 valence electrons. The second kappa shape index (κ2) is 4.12. The number of ether oxygens (including phenoxy) is 1. The van der Waals surface area contributed by atoms with Crippen LogP contribution in [0.5, 0.6) is 0 Å². The number of esters is 1. The fraction of sp³-hybridized carbons (Fsp3) is 0.917. The zero-order chi connectivity index (χ0) is 12.5. The highest BCUT2D eigenvalue weighted by Crippen LogP contribution is 2.16. The van der Waals surface area contributed by atoms with Gasteiger partial charge in [0.2, 0.25) is 0 Å². The molecule has 0 saturated carbocycles. The van der Waals surface area contributed by atoms with Gasteiger partial charge in [-0.25, -0.2) is 0 Å². The maximum absolute atomic E-state index is 11.9. The third kappa shape index (κ3) is 6.50. The van der Waals surface area contributed by atoms with Crippen molar-refractivity contribution in [3.63, 3.8) is 0 Å². The van der Waals surface area contributed by atoms with Crippen molar-refractivity contribution in [1.82, 2.24) is 5.32 Å². The summed E-state index contributed by atoms with van der Waals surface area (Å²) in [5.41, 5.74) is -1.21. The molecule has 0 radical (unpaired) electrons. The number of hydrogen-bond donors (Lipinski definition) is 1. The molecule has 3 nitrogen and oxygen atoms in total. The maximum atomic E-state index is 11.9. The fourth-order valence-corrected chi connectivity index (χ4v) is 1.39. The second-order valence-corrected chi connectivity index (χ2v) is 6.50.